The first-order chi connectivity index (χ1) is 5.66. The summed E-state index contributed by atoms with van der Waals surface area (Å²) in [4.78, 5) is 0. The smallest absolute Gasteiger partial charge is 0.0616 e. The minimum Gasteiger partial charge on any atom is -0.393 e. The lowest BCUT2D eigenvalue weighted by Crippen LogP contribution is -2.32. The molecule has 0 aromatic rings. The third-order valence-corrected chi connectivity index (χ3v) is 1.63. The van der Waals surface area contributed by atoms with Gasteiger partial charge in [-0.3, -0.25) is 0 Å². The molecular formula is C9H21NO2. The predicted octanol–water partition coefficient (Wildman–Crippen LogP) is 0.772. The van der Waals surface area contributed by atoms with Crippen molar-refractivity contribution in [3.05, 3.63) is 0 Å². The fourth-order valence-corrected chi connectivity index (χ4v) is 0.892. The van der Waals surface area contributed by atoms with Crippen LogP contribution in [0.4, 0.5) is 0 Å². The quantitative estimate of drug-likeness (QED) is 0.600. The van der Waals surface area contributed by atoms with Gasteiger partial charge < -0.3 is 15.2 Å². The molecule has 0 aromatic heterocycles. The molecule has 0 aliphatic carbocycles. The van der Waals surface area contributed by atoms with Crippen LogP contribution in [0, 0.1) is 0 Å². The molecule has 0 amide bonds. The van der Waals surface area contributed by atoms with Crippen LogP contribution in [-0.4, -0.2) is 37.0 Å². The number of nitrogens with one attached hydrogen (secondary N) is 1. The van der Waals surface area contributed by atoms with E-state index in [1.165, 1.54) is 0 Å². The zero-order valence-electron chi connectivity index (χ0n) is 8.34. The molecule has 2 atom stereocenters. The topological polar surface area (TPSA) is 41.5 Å². The van der Waals surface area contributed by atoms with Crippen molar-refractivity contribution in [3.63, 3.8) is 0 Å². The summed E-state index contributed by atoms with van der Waals surface area (Å²) in [7, 11) is 0. The van der Waals surface area contributed by atoms with E-state index in [-0.39, 0.29) is 6.10 Å². The Bertz CT molecular complexity index is 96.5. The average Bonchev–Trinajstić information content (AvgIpc) is 2.00. The van der Waals surface area contributed by atoms with Crippen molar-refractivity contribution >= 4 is 0 Å². The van der Waals surface area contributed by atoms with Gasteiger partial charge in [-0.2, -0.15) is 0 Å². The Hall–Kier alpha value is -0.120. The lowest BCUT2D eigenvalue weighted by molar-refractivity contribution is 0.124. The van der Waals surface area contributed by atoms with Gasteiger partial charge in [0.05, 0.1) is 12.7 Å². The molecule has 0 radical (unpaired) electrons. The van der Waals surface area contributed by atoms with Crippen molar-refractivity contribution < 1.29 is 9.84 Å². The second-order valence-corrected chi connectivity index (χ2v) is 3.15. The maximum absolute atomic E-state index is 8.97. The summed E-state index contributed by atoms with van der Waals surface area (Å²) in [6, 6.07) is 0.378. The van der Waals surface area contributed by atoms with Crippen molar-refractivity contribution in [2.24, 2.45) is 0 Å². The number of hydrogen-bond acceptors (Lipinski definition) is 3. The number of ether oxygens (including phenoxy) is 1. The van der Waals surface area contributed by atoms with Gasteiger partial charge in [-0.15, -0.1) is 0 Å². The second-order valence-electron chi connectivity index (χ2n) is 3.15. The zero-order chi connectivity index (χ0) is 9.40. The molecule has 0 aromatic carbocycles. The number of aliphatic hydroxyl groups excluding tert-OH is 1. The standard InChI is InChI=1S/C9H21NO2/c1-4-12-7-8(2)10-6-5-9(3)11/h8-11H,4-7H2,1-3H3. The summed E-state index contributed by atoms with van der Waals surface area (Å²) in [5.74, 6) is 0. The molecule has 0 fully saturated rings. The maximum Gasteiger partial charge on any atom is 0.0616 e. The molecule has 12 heavy (non-hydrogen) atoms. The van der Waals surface area contributed by atoms with Crippen molar-refractivity contribution in [3.8, 4) is 0 Å². The molecule has 2 N–H and O–H groups in total. The van der Waals surface area contributed by atoms with Crippen molar-refractivity contribution in [2.75, 3.05) is 19.8 Å². The fraction of sp³-hybridized carbons (Fsp3) is 1.00. The van der Waals surface area contributed by atoms with Crippen molar-refractivity contribution in [2.45, 2.75) is 39.3 Å². The highest BCUT2D eigenvalue weighted by Crippen LogP contribution is 1.89. The minimum absolute atomic E-state index is 0.211. The molecule has 2 unspecified atom stereocenters. The van der Waals surface area contributed by atoms with Gasteiger partial charge in [0.1, 0.15) is 0 Å². The number of aliphatic hydroxyl groups is 1. The summed E-state index contributed by atoms with van der Waals surface area (Å²) in [6.07, 6.45) is 0.591. The van der Waals surface area contributed by atoms with Crippen molar-refractivity contribution in [1.82, 2.24) is 5.32 Å². The van der Waals surface area contributed by atoms with Crippen LogP contribution in [0.15, 0.2) is 0 Å². The van der Waals surface area contributed by atoms with E-state index in [1.54, 1.807) is 6.92 Å². The molecule has 0 rings (SSSR count). The summed E-state index contributed by atoms with van der Waals surface area (Å²) in [5, 5.41) is 12.2. The van der Waals surface area contributed by atoms with Gasteiger partial charge in [-0.1, -0.05) is 0 Å². The summed E-state index contributed by atoms with van der Waals surface area (Å²) in [5.41, 5.74) is 0. The predicted molar refractivity (Wildman–Crippen MR) is 50.3 cm³/mol. The first-order valence-electron chi connectivity index (χ1n) is 4.66. The third kappa shape index (κ3) is 7.98. The highest BCUT2D eigenvalue weighted by Gasteiger charge is 2.00. The van der Waals surface area contributed by atoms with Crippen LogP contribution in [-0.2, 0) is 4.74 Å². The number of rotatable bonds is 7. The van der Waals surface area contributed by atoms with Crippen LogP contribution in [0.1, 0.15) is 27.2 Å². The Kier molecular flexibility index (Phi) is 7.45. The van der Waals surface area contributed by atoms with Crippen LogP contribution in [0.5, 0.6) is 0 Å². The van der Waals surface area contributed by atoms with E-state index in [9.17, 15) is 0 Å². The fourth-order valence-electron chi connectivity index (χ4n) is 0.892. The Morgan fingerprint density at radius 2 is 2.08 bits per heavy atom. The van der Waals surface area contributed by atoms with Gasteiger partial charge in [-0.05, 0) is 33.7 Å². The molecule has 74 valence electrons. The van der Waals surface area contributed by atoms with E-state index >= 15 is 0 Å². The average molecular weight is 175 g/mol. The SMILES string of the molecule is CCOCC(C)NCCC(C)O. The molecule has 0 saturated carbocycles. The minimum atomic E-state index is -0.211. The second kappa shape index (κ2) is 7.53. The lowest BCUT2D eigenvalue weighted by Gasteiger charge is -2.13. The van der Waals surface area contributed by atoms with Crippen LogP contribution in [0.25, 0.3) is 0 Å². The Balaban J connectivity index is 3.13. The summed E-state index contributed by atoms with van der Waals surface area (Å²) in [6.45, 7) is 8.24. The molecule has 3 nitrogen and oxygen atoms in total. The van der Waals surface area contributed by atoms with E-state index in [1.807, 2.05) is 6.92 Å². The van der Waals surface area contributed by atoms with E-state index in [4.69, 9.17) is 9.84 Å². The maximum atomic E-state index is 8.97. The Morgan fingerprint density at radius 3 is 2.58 bits per heavy atom. The summed E-state index contributed by atoms with van der Waals surface area (Å²) < 4.78 is 5.23. The highest BCUT2D eigenvalue weighted by atomic mass is 16.5. The Labute approximate surface area is 75.1 Å². The molecule has 3 heteroatoms. The van der Waals surface area contributed by atoms with E-state index in [0.29, 0.717) is 6.04 Å². The largest absolute Gasteiger partial charge is 0.393 e. The van der Waals surface area contributed by atoms with Crippen molar-refractivity contribution in [1.29, 1.82) is 0 Å². The van der Waals surface area contributed by atoms with Crippen LogP contribution < -0.4 is 5.32 Å². The van der Waals surface area contributed by atoms with Gasteiger partial charge in [0.2, 0.25) is 0 Å². The highest BCUT2D eigenvalue weighted by molar-refractivity contribution is 4.60. The normalized spacial score (nSPS) is 16.0. The summed E-state index contributed by atoms with van der Waals surface area (Å²) >= 11 is 0. The Morgan fingerprint density at radius 1 is 1.42 bits per heavy atom. The molecule has 0 saturated heterocycles. The lowest BCUT2D eigenvalue weighted by atomic mass is 10.2. The van der Waals surface area contributed by atoms with Gasteiger partial charge in [0, 0.05) is 12.6 Å². The van der Waals surface area contributed by atoms with E-state index in [2.05, 4.69) is 12.2 Å². The first-order valence-corrected chi connectivity index (χ1v) is 4.66. The van der Waals surface area contributed by atoms with E-state index in [0.717, 1.165) is 26.2 Å². The van der Waals surface area contributed by atoms with E-state index < -0.39 is 0 Å². The molecule has 0 bridgehead atoms. The van der Waals surface area contributed by atoms with Crippen LogP contribution in [0.3, 0.4) is 0 Å². The first kappa shape index (κ1) is 11.9. The monoisotopic (exact) mass is 175 g/mol. The molecule has 0 aliphatic heterocycles. The zero-order valence-corrected chi connectivity index (χ0v) is 8.34. The van der Waals surface area contributed by atoms with Crippen LogP contribution >= 0.6 is 0 Å². The van der Waals surface area contributed by atoms with Crippen LogP contribution in [0.2, 0.25) is 0 Å². The molecule has 0 heterocycles. The molecular weight excluding hydrogens is 154 g/mol. The van der Waals surface area contributed by atoms with Gasteiger partial charge in [-0.25, -0.2) is 0 Å². The third-order valence-electron chi connectivity index (χ3n) is 1.63. The number of hydrogen-bond donors (Lipinski definition) is 2. The van der Waals surface area contributed by atoms with Gasteiger partial charge in [0.25, 0.3) is 0 Å². The van der Waals surface area contributed by atoms with Gasteiger partial charge in [0.15, 0.2) is 0 Å². The van der Waals surface area contributed by atoms with Gasteiger partial charge >= 0.3 is 0 Å². The molecule has 0 spiro atoms. The molecule has 0 aliphatic rings.